The van der Waals surface area contributed by atoms with Crippen LogP contribution in [-0.4, -0.2) is 5.43 Å². The highest BCUT2D eigenvalue weighted by Gasteiger charge is 2.12. The molecule has 1 rings (SSSR count). The predicted octanol–water partition coefficient (Wildman–Crippen LogP) is 3.86. The Kier molecular flexibility index (Phi) is 3.75. The van der Waals surface area contributed by atoms with Gasteiger partial charge < -0.3 is 4.74 Å². The summed E-state index contributed by atoms with van der Waals surface area (Å²) < 4.78 is 4.68. The van der Waals surface area contributed by atoms with Crippen molar-refractivity contribution in [2.75, 3.05) is 0 Å². The maximum atomic E-state index is 10.4. The molecule has 3 heteroatoms. The van der Waals surface area contributed by atoms with Crippen LogP contribution >= 0.6 is 11.6 Å². The van der Waals surface area contributed by atoms with Crippen molar-refractivity contribution < 1.29 is 9.53 Å². The van der Waals surface area contributed by atoms with E-state index in [0.717, 1.165) is 5.56 Å². The fourth-order valence-corrected chi connectivity index (χ4v) is 1.30. The van der Waals surface area contributed by atoms with E-state index >= 15 is 0 Å². The van der Waals surface area contributed by atoms with Gasteiger partial charge in [-0.25, -0.2) is 4.79 Å². The summed E-state index contributed by atoms with van der Waals surface area (Å²) in [6.45, 7) is 6.69. The van der Waals surface area contributed by atoms with Crippen molar-refractivity contribution >= 4 is 17.0 Å². The first kappa shape index (κ1) is 12.1. The molecule has 0 heterocycles. The average Bonchev–Trinajstić information content (AvgIpc) is 2.14. The van der Waals surface area contributed by atoms with E-state index in [1.165, 1.54) is 5.56 Å². The Hall–Kier alpha value is -1.02. The molecule has 1 aromatic rings. The van der Waals surface area contributed by atoms with Gasteiger partial charge in [-0.15, -0.1) is 0 Å². The van der Waals surface area contributed by atoms with E-state index in [0.29, 0.717) is 0 Å². The normalized spacial score (nSPS) is 11.2. The van der Waals surface area contributed by atoms with Crippen molar-refractivity contribution in [2.24, 2.45) is 0 Å². The third-order valence-electron chi connectivity index (χ3n) is 2.17. The Labute approximate surface area is 95.2 Å². The molecule has 15 heavy (non-hydrogen) atoms. The first-order valence-electron chi connectivity index (χ1n) is 4.81. The molecule has 0 atom stereocenters. The molecule has 0 saturated heterocycles. The molecule has 0 radical (unpaired) electrons. The molecule has 0 bridgehead atoms. The zero-order chi connectivity index (χ0) is 11.5. The Morgan fingerprint density at radius 2 is 1.80 bits per heavy atom. The van der Waals surface area contributed by atoms with Gasteiger partial charge in [0.05, 0.1) is 0 Å². The molecule has 0 saturated carbocycles. The average molecular weight is 227 g/mol. The van der Waals surface area contributed by atoms with Gasteiger partial charge in [-0.1, -0.05) is 45.0 Å². The molecule has 0 amide bonds. The molecule has 0 aliphatic heterocycles. The summed E-state index contributed by atoms with van der Waals surface area (Å²) in [5.74, 6) is 0. The van der Waals surface area contributed by atoms with Crippen LogP contribution in [0.3, 0.4) is 0 Å². The zero-order valence-electron chi connectivity index (χ0n) is 9.21. The van der Waals surface area contributed by atoms with Gasteiger partial charge in [0.25, 0.3) is 0 Å². The van der Waals surface area contributed by atoms with Crippen molar-refractivity contribution in [3.8, 4) is 0 Å². The van der Waals surface area contributed by atoms with Crippen LogP contribution in [0, 0.1) is 0 Å². The summed E-state index contributed by atoms with van der Waals surface area (Å²) in [5, 5.41) is 0. The van der Waals surface area contributed by atoms with Gasteiger partial charge in [0, 0.05) is 11.6 Å². The van der Waals surface area contributed by atoms with Crippen LogP contribution in [0.2, 0.25) is 0 Å². The first-order valence-corrected chi connectivity index (χ1v) is 5.19. The summed E-state index contributed by atoms with van der Waals surface area (Å²) in [6, 6.07) is 7.97. The first-order chi connectivity index (χ1) is 6.89. The monoisotopic (exact) mass is 226 g/mol. The van der Waals surface area contributed by atoms with Gasteiger partial charge in [-0.2, -0.15) is 0 Å². The van der Waals surface area contributed by atoms with Crippen LogP contribution in [0.15, 0.2) is 24.3 Å². The molecule has 2 nitrogen and oxygen atoms in total. The number of ether oxygens (including phenoxy) is 1. The van der Waals surface area contributed by atoms with Crippen LogP contribution in [0.1, 0.15) is 31.9 Å². The van der Waals surface area contributed by atoms with Crippen LogP contribution in [0.4, 0.5) is 4.79 Å². The fraction of sp³-hybridized carbons (Fsp3) is 0.417. The standard InChI is InChI=1S/C12H15ClO2/c1-12(2,3)10-6-4-9(5-7-10)8-15-11(13)14/h4-7H,8H2,1-3H3. The summed E-state index contributed by atoms with van der Waals surface area (Å²) >= 11 is 5.07. The second-order valence-corrected chi connectivity index (χ2v) is 4.78. The minimum Gasteiger partial charge on any atom is -0.449 e. The number of carbonyl (C=O) groups is 1. The van der Waals surface area contributed by atoms with Crippen molar-refractivity contribution in [1.82, 2.24) is 0 Å². The summed E-state index contributed by atoms with van der Waals surface area (Å²) in [5.41, 5.74) is 1.57. The number of benzene rings is 1. The summed E-state index contributed by atoms with van der Waals surface area (Å²) in [7, 11) is 0. The number of halogens is 1. The van der Waals surface area contributed by atoms with Crippen LogP contribution < -0.4 is 0 Å². The molecule has 0 spiro atoms. The van der Waals surface area contributed by atoms with Gasteiger partial charge in [-0.3, -0.25) is 0 Å². The highest BCUT2D eigenvalue weighted by Crippen LogP contribution is 2.22. The lowest BCUT2D eigenvalue weighted by molar-refractivity contribution is 0.167. The van der Waals surface area contributed by atoms with Crippen molar-refractivity contribution in [3.05, 3.63) is 35.4 Å². The van der Waals surface area contributed by atoms with Gasteiger partial charge in [0.15, 0.2) is 0 Å². The van der Waals surface area contributed by atoms with Gasteiger partial charge in [-0.05, 0) is 16.5 Å². The lowest BCUT2D eigenvalue weighted by atomic mass is 9.87. The van der Waals surface area contributed by atoms with Crippen molar-refractivity contribution in [1.29, 1.82) is 0 Å². The number of rotatable bonds is 2. The Morgan fingerprint density at radius 3 is 2.20 bits per heavy atom. The molecular weight excluding hydrogens is 212 g/mol. The molecule has 0 unspecified atom stereocenters. The largest absolute Gasteiger partial charge is 0.449 e. The molecule has 82 valence electrons. The molecule has 0 aromatic heterocycles. The molecular formula is C12H15ClO2. The minimum absolute atomic E-state index is 0.141. The maximum Gasteiger partial charge on any atom is 0.404 e. The third kappa shape index (κ3) is 3.92. The Balaban J connectivity index is 2.69. The van der Waals surface area contributed by atoms with Crippen molar-refractivity contribution in [3.63, 3.8) is 0 Å². The van der Waals surface area contributed by atoms with Gasteiger partial charge >= 0.3 is 5.43 Å². The lowest BCUT2D eigenvalue weighted by Gasteiger charge is -2.19. The minimum atomic E-state index is -0.769. The van der Waals surface area contributed by atoms with E-state index in [-0.39, 0.29) is 12.0 Å². The van der Waals surface area contributed by atoms with Crippen LogP contribution in [0.5, 0.6) is 0 Å². The fourth-order valence-electron chi connectivity index (χ4n) is 1.24. The molecule has 0 N–H and O–H groups in total. The second kappa shape index (κ2) is 4.67. The van der Waals surface area contributed by atoms with Gasteiger partial charge in [0.2, 0.25) is 0 Å². The summed E-state index contributed by atoms with van der Waals surface area (Å²) in [6.07, 6.45) is 0. The van der Waals surface area contributed by atoms with E-state index in [1.54, 1.807) is 0 Å². The second-order valence-electron chi connectivity index (χ2n) is 4.47. The quantitative estimate of drug-likeness (QED) is 0.716. The highest BCUT2D eigenvalue weighted by atomic mass is 35.5. The maximum absolute atomic E-state index is 10.4. The predicted molar refractivity (Wildman–Crippen MR) is 61.2 cm³/mol. The zero-order valence-corrected chi connectivity index (χ0v) is 9.97. The van der Waals surface area contributed by atoms with E-state index in [2.05, 4.69) is 25.5 Å². The van der Waals surface area contributed by atoms with E-state index in [4.69, 9.17) is 11.6 Å². The smallest absolute Gasteiger partial charge is 0.404 e. The van der Waals surface area contributed by atoms with Crippen LogP contribution in [-0.2, 0) is 16.8 Å². The SMILES string of the molecule is CC(C)(C)c1ccc(COC(=O)Cl)cc1. The molecule has 0 aliphatic rings. The topological polar surface area (TPSA) is 26.3 Å². The van der Waals surface area contributed by atoms with Crippen molar-refractivity contribution in [2.45, 2.75) is 32.8 Å². The molecule has 0 aliphatic carbocycles. The number of carbonyl (C=O) groups excluding carboxylic acids is 1. The molecule has 0 fully saturated rings. The van der Waals surface area contributed by atoms with E-state index < -0.39 is 5.43 Å². The number of hydrogen-bond acceptors (Lipinski definition) is 2. The highest BCUT2D eigenvalue weighted by molar-refractivity contribution is 6.61. The Bertz CT molecular complexity index is 336. The van der Waals surface area contributed by atoms with E-state index in [9.17, 15) is 4.79 Å². The number of hydrogen-bond donors (Lipinski definition) is 0. The third-order valence-corrected chi connectivity index (χ3v) is 2.28. The molecule has 1 aromatic carbocycles. The van der Waals surface area contributed by atoms with Crippen LogP contribution in [0.25, 0.3) is 0 Å². The lowest BCUT2D eigenvalue weighted by Crippen LogP contribution is -2.10. The van der Waals surface area contributed by atoms with E-state index in [1.807, 2.05) is 24.3 Å². The van der Waals surface area contributed by atoms with Gasteiger partial charge in [0.1, 0.15) is 6.61 Å². The summed E-state index contributed by atoms with van der Waals surface area (Å²) in [4.78, 5) is 10.4. The Morgan fingerprint density at radius 1 is 1.27 bits per heavy atom.